The highest BCUT2D eigenvalue weighted by Crippen LogP contribution is 2.48. The number of hydrogen-bond acceptors (Lipinski definition) is 3. The summed E-state index contributed by atoms with van der Waals surface area (Å²) >= 11 is 0. The lowest BCUT2D eigenvalue weighted by atomic mass is 10.0. The van der Waals surface area contributed by atoms with Crippen LogP contribution < -0.4 is 10.6 Å². The van der Waals surface area contributed by atoms with E-state index in [4.69, 9.17) is 5.11 Å². The fraction of sp³-hybridized carbons (Fsp3) is 0.286. The van der Waals surface area contributed by atoms with Gasteiger partial charge in [-0.15, -0.1) is 0 Å². The third-order valence-corrected chi connectivity index (χ3v) is 4.75. The van der Waals surface area contributed by atoms with Crippen LogP contribution in [0.1, 0.15) is 40.2 Å². The Morgan fingerprint density at radius 1 is 1.07 bits per heavy atom. The second-order valence-electron chi connectivity index (χ2n) is 6.77. The van der Waals surface area contributed by atoms with Gasteiger partial charge in [-0.2, -0.15) is 0 Å². The Morgan fingerprint density at radius 2 is 1.78 bits per heavy atom. The third kappa shape index (κ3) is 4.73. The molecule has 0 aliphatic heterocycles. The highest BCUT2D eigenvalue weighted by molar-refractivity contribution is 5.97. The van der Waals surface area contributed by atoms with Crippen LogP contribution >= 0.6 is 0 Å². The van der Waals surface area contributed by atoms with Gasteiger partial charge in [0.1, 0.15) is 0 Å². The van der Waals surface area contributed by atoms with Crippen LogP contribution in [0.25, 0.3) is 0 Å². The van der Waals surface area contributed by atoms with Crippen LogP contribution in [0.5, 0.6) is 0 Å². The van der Waals surface area contributed by atoms with Crippen molar-refractivity contribution < 1.29 is 19.5 Å². The fourth-order valence-corrected chi connectivity index (χ4v) is 3.16. The predicted octanol–water partition coefficient (Wildman–Crippen LogP) is 2.94. The maximum atomic E-state index is 12.4. The maximum absolute atomic E-state index is 12.4. The number of aliphatic carboxylic acids is 1. The number of nitrogens with one attached hydrogen (secondary N) is 2. The SMILES string of the molecule is Cc1ccccc1C1CC1C(=O)Nc1ccc(C(=O)NCCC(=O)O)cc1. The van der Waals surface area contributed by atoms with Crippen molar-refractivity contribution in [2.75, 3.05) is 11.9 Å². The molecular formula is C21H22N2O4. The summed E-state index contributed by atoms with van der Waals surface area (Å²) in [6.07, 6.45) is 0.726. The minimum Gasteiger partial charge on any atom is -0.481 e. The minimum atomic E-state index is -0.961. The number of rotatable bonds is 7. The smallest absolute Gasteiger partial charge is 0.305 e. The van der Waals surface area contributed by atoms with Gasteiger partial charge in [0.05, 0.1) is 6.42 Å². The van der Waals surface area contributed by atoms with Crippen LogP contribution in [-0.2, 0) is 9.59 Å². The van der Waals surface area contributed by atoms with Crippen molar-refractivity contribution in [3.8, 4) is 0 Å². The summed E-state index contributed by atoms with van der Waals surface area (Å²) in [6, 6.07) is 14.7. The van der Waals surface area contributed by atoms with Crippen LogP contribution in [0, 0.1) is 12.8 Å². The van der Waals surface area contributed by atoms with Gasteiger partial charge in [-0.05, 0) is 54.7 Å². The van der Waals surface area contributed by atoms with Gasteiger partial charge in [-0.25, -0.2) is 0 Å². The molecule has 2 unspecified atom stereocenters. The summed E-state index contributed by atoms with van der Waals surface area (Å²) < 4.78 is 0. The molecule has 0 spiro atoms. The Labute approximate surface area is 157 Å². The molecule has 6 heteroatoms. The first-order chi connectivity index (χ1) is 13.0. The van der Waals surface area contributed by atoms with Gasteiger partial charge in [0, 0.05) is 23.7 Å². The number of anilines is 1. The molecule has 0 heterocycles. The summed E-state index contributed by atoms with van der Waals surface area (Å²) in [6.45, 7) is 2.14. The third-order valence-electron chi connectivity index (χ3n) is 4.75. The van der Waals surface area contributed by atoms with Crippen molar-refractivity contribution in [1.82, 2.24) is 5.32 Å². The van der Waals surface area contributed by atoms with E-state index in [2.05, 4.69) is 29.7 Å². The van der Waals surface area contributed by atoms with E-state index in [0.717, 1.165) is 6.42 Å². The Hall–Kier alpha value is -3.15. The molecule has 0 saturated heterocycles. The molecule has 3 rings (SSSR count). The summed E-state index contributed by atoms with van der Waals surface area (Å²) in [4.78, 5) is 34.8. The van der Waals surface area contributed by atoms with Gasteiger partial charge in [0.15, 0.2) is 0 Å². The van der Waals surface area contributed by atoms with Gasteiger partial charge in [0.2, 0.25) is 5.91 Å². The molecule has 6 nitrogen and oxygen atoms in total. The number of carboxylic acid groups (broad SMARTS) is 1. The van der Waals surface area contributed by atoms with E-state index in [-0.39, 0.29) is 36.6 Å². The van der Waals surface area contributed by atoms with Crippen LogP contribution in [0.15, 0.2) is 48.5 Å². The van der Waals surface area contributed by atoms with E-state index in [1.165, 1.54) is 11.1 Å². The first-order valence-electron chi connectivity index (χ1n) is 8.92. The second-order valence-corrected chi connectivity index (χ2v) is 6.77. The Balaban J connectivity index is 1.53. The van der Waals surface area contributed by atoms with E-state index in [9.17, 15) is 14.4 Å². The number of amides is 2. The van der Waals surface area contributed by atoms with Crippen molar-refractivity contribution in [2.24, 2.45) is 5.92 Å². The van der Waals surface area contributed by atoms with Gasteiger partial charge in [-0.1, -0.05) is 24.3 Å². The van der Waals surface area contributed by atoms with Crippen LogP contribution in [0.2, 0.25) is 0 Å². The highest BCUT2D eigenvalue weighted by atomic mass is 16.4. The lowest BCUT2D eigenvalue weighted by Gasteiger charge is -2.08. The van der Waals surface area contributed by atoms with Crippen molar-refractivity contribution in [3.05, 3.63) is 65.2 Å². The first kappa shape index (κ1) is 18.6. The molecule has 1 aliphatic rings. The zero-order valence-corrected chi connectivity index (χ0v) is 15.1. The average molecular weight is 366 g/mol. The second kappa shape index (κ2) is 8.03. The van der Waals surface area contributed by atoms with Crippen LogP contribution in [-0.4, -0.2) is 29.4 Å². The summed E-state index contributed by atoms with van der Waals surface area (Å²) in [5.41, 5.74) is 3.49. The summed E-state index contributed by atoms with van der Waals surface area (Å²) in [7, 11) is 0. The van der Waals surface area contributed by atoms with Gasteiger partial charge < -0.3 is 15.7 Å². The molecule has 2 aromatic rings. The molecule has 2 aromatic carbocycles. The van der Waals surface area contributed by atoms with Crippen LogP contribution in [0.4, 0.5) is 5.69 Å². The van der Waals surface area contributed by atoms with Crippen LogP contribution in [0.3, 0.4) is 0 Å². The monoisotopic (exact) mass is 366 g/mol. The molecule has 2 amide bonds. The Morgan fingerprint density at radius 3 is 2.44 bits per heavy atom. The molecular weight excluding hydrogens is 344 g/mol. The van der Waals surface area contributed by atoms with Crippen molar-refractivity contribution in [3.63, 3.8) is 0 Å². The molecule has 0 radical (unpaired) electrons. The quantitative estimate of drug-likeness (QED) is 0.702. The number of hydrogen-bond donors (Lipinski definition) is 3. The standard InChI is InChI=1S/C21H22N2O4/c1-13-4-2-3-5-16(13)17-12-18(17)21(27)23-15-8-6-14(7-9-15)20(26)22-11-10-19(24)25/h2-9,17-18H,10-12H2,1H3,(H,22,26)(H,23,27)(H,24,25). The number of aryl methyl sites for hydroxylation is 1. The highest BCUT2D eigenvalue weighted by Gasteiger charge is 2.44. The lowest BCUT2D eigenvalue weighted by Crippen LogP contribution is -2.26. The van der Waals surface area contributed by atoms with E-state index in [0.29, 0.717) is 11.3 Å². The largest absolute Gasteiger partial charge is 0.481 e. The number of carboxylic acids is 1. The number of carbonyl (C=O) groups excluding carboxylic acids is 2. The van der Waals surface area contributed by atoms with Crippen molar-refractivity contribution in [1.29, 1.82) is 0 Å². The molecule has 0 bridgehead atoms. The Kier molecular flexibility index (Phi) is 5.54. The average Bonchev–Trinajstić information content (AvgIpc) is 3.43. The lowest BCUT2D eigenvalue weighted by molar-refractivity contribution is -0.136. The molecule has 3 N–H and O–H groups in total. The summed E-state index contributed by atoms with van der Waals surface area (Å²) in [5.74, 6) is -1.06. The molecule has 1 saturated carbocycles. The fourth-order valence-electron chi connectivity index (χ4n) is 3.16. The van der Waals surface area contributed by atoms with E-state index < -0.39 is 5.97 Å². The van der Waals surface area contributed by atoms with Crippen molar-refractivity contribution >= 4 is 23.5 Å². The van der Waals surface area contributed by atoms with E-state index in [1.807, 2.05) is 12.1 Å². The maximum Gasteiger partial charge on any atom is 0.305 e. The zero-order valence-electron chi connectivity index (χ0n) is 15.1. The normalized spacial score (nSPS) is 17.8. The summed E-state index contributed by atoms with van der Waals surface area (Å²) in [5, 5.41) is 14.0. The first-order valence-corrected chi connectivity index (χ1v) is 8.92. The predicted molar refractivity (Wildman–Crippen MR) is 102 cm³/mol. The molecule has 27 heavy (non-hydrogen) atoms. The zero-order chi connectivity index (χ0) is 19.4. The topological polar surface area (TPSA) is 95.5 Å². The van der Waals surface area contributed by atoms with Crippen molar-refractivity contribution in [2.45, 2.75) is 25.7 Å². The number of benzene rings is 2. The van der Waals surface area contributed by atoms with Gasteiger partial charge in [0.25, 0.3) is 5.91 Å². The number of carbonyl (C=O) groups is 3. The molecule has 1 aliphatic carbocycles. The Bertz CT molecular complexity index is 861. The molecule has 1 fully saturated rings. The van der Waals surface area contributed by atoms with Gasteiger partial charge in [-0.3, -0.25) is 14.4 Å². The van der Waals surface area contributed by atoms with E-state index in [1.54, 1.807) is 24.3 Å². The molecule has 2 atom stereocenters. The molecule has 140 valence electrons. The minimum absolute atomic E-state index is 0.0121. The van der Waals surface area contributed by atoms with Gasteiger partial charge >= 0.3 is 5.97 Å². The molecule has 0 aromatic heterocycles. The van der Waals surface area contributed by atoms with E-state index >= 15 is 0 Å².